The van der Waals surface area contributed by atoms with Crippen molar-refractivity contribution in [3.63, 3.8) is 0 Å². The first-order chi connectivity index (χ1) is 8.27. The minimum atomic E-state index is -0.340. The minimum absolute atomic E-state index is 0.283. The van der Waals surface area contributed by atoms with E-state index in [2.05, 4.69) is 0 Å². The topological polar surface area (TPSA) is 44.8 Å². The third kappa shape index (κ3) is 4.87. The van der Waals surface area contributed by atoms with Gasteiger partial charge >= 0.3 is 5.97 Å². The van der Waals surface area contributed by atoms with E-state index in [0.717, 1.165) is 6.42 Å². The van der Waals surface area contributed by atoms with Gasteiger partial charge in [0.15, 0.2) is 0 Å². The number of rotatable bonds is 7. The molecule has 0 saturated heterocycles. The third-order valence-corrected chi connectivity index (χ3v) is 2.14. The predicted molar refractivity (Wildman–Crippen MR) is 64.4 cm³/mol. The second-order valence-corrected chi connectivity index (χ2v) is 3.48. The Morgan fingerprint density at radius 3 is 2.41 bits per heavy atom. The van der Waals surface area contributed by atoms with E-state index in [1.807, 2.05) is 6.92 Å². The summed E-state index contributed by atoms with van der Waals surface area (Å²) >= 11 is 0. The van der Waals surface area contributed by atoms with Crippen LogP contribution in [0.15, 0.2) is 24.3 Å². The molecule has 0 heterocycles. The Bertz CT molecular complexity index is 332. The maximum Gasteiger partial charge on any atom is 0.338 e. The van der Waals surface area contributed by atoms with Gasteiger partial charge in [-0.1, -0.05) is 6.92 Å². The van der Waals surface area contributed by atoms with Crippen LogP contribution in [0.3, 0.4) is 0 Å². The number of carbonyl (C=O) groups is 1. The van der Waals surface area contributed by atoms with Crippen LogP contribution < -0.4 is 4.74 Å². The highest BCUT2D eigenvalue weighted by Crippen LogP contribution is 2.11. The number of benzene rings is 1. The summed E-state index contributed by atoms with van der Waals surface area (Å²) in [6.45, 7) is 3.45. The maximum atomic E-state index is 11.6. The Morgan fingerprint density at radius 2 is 1.82 bits per heavy atom. The Hall–Kier alpha value is -1.55. The normalized spacial score (nSPS) is 10.0. The Labute approximate surface area is 101 Å². The maximum absolute atomic E-state index is 11.6. The number of hydrogen-bond donors (Lipinski definition) is 0. The zero-order chi connectivity index (χ0) is 12.5. The fourth-order valence-electron chi connectivity index (χ4n) is 1.25. The number of carbonyl (C=O) groups excluding carboxylic acids is 1. The molecule has 0 aliphatic rings. The van der Waals surface area contributed by atoms with Crippen molar-refractivity contribution in [2.24, 2.45) is 0 Å². The summed E-state index contributed by atoms with van der Waals surface area (Å²) < 4.78 is 15.3. The molecule has 0 spiro atoms. The van der Waals surface area contributed by atoms with Crippen molar-refractivity contribution in [3.05, 3.63) is 29.8 Å². The van der Waals surface area contributed by atoms with Gasteiger partial charge in [0.1, 0.15) is 12.4 Å². The molecule has 94 valence electrons. The van der Waals surface area contributed by atoms with Crippen LogP contribution in [0.4, 0.5) is 0 Å². The van der Waals surface area contributed by atoms with E-state index in [1.165, 1.54) is 0 Å². The lowest BCUT2D eigenvalue weighted by Crippen LogP contribution is -2.11. The van der Waals surface area contributed by atoms with Gasteiger partial charge in [-0.15, -0.1) is 0 Å². The van der Waals surface area contributed by atoms with Crippen molar-refractivity contribution in [1.29, 1.82) is 0 Å². The van der Waals surface area contributed by atoms with Gasteiger partial charge in [0.2, 0.25) is 0 Å². The second kappa shape index (κ2) is 7.68. The van der Waals surface area contributed by atoms with Crippen LogP contribution in [-0.2, 0) is 9.47 Å². The monoisotopic (exact) mass is 238 g/mol. The molecule has 0 bridgehead atoms. The van der Waals surface area contributed by atoms with Crippen LogP contribution in [0, 0.1) is 0 Å². The van der Waals surface area contributed by atoms with Crippen molar-refractivity contribution in [2.75, 3.05) is 26.9 Å². The number of esters is 1. The zero-order valence-corrected chi connectivity index (χ0v) is 10.3. The molecule has 0 aromatic heterocycles. The smallest absolute Gasteiger partial charge is 0.338 e. The van der Waals surface area contributed by atoms with E-state index < -0.39 is 0 Å². The van der Waals surface area contributed by atoms with Crippen LogP contribution in [0.1, 0.15) is 23.7 Å². The van der Waals surface area contributed by atoms with Crippen molar-refractivity contribution in [2.45, 2.75) is 13.3 Å². The third-order valence-electron chi connectivity index (χ3n) is 2.14. The fraction of sp³-hybridized carbons (Fsp3) is 0.462. The van der Waals surface area contributed by atoms with Gasteiger partial charge in [-0.05, 0) is 30.7 Å². The van der Waals surface area contributed by atoms with Gasteiger partial charge in [0.25, 0.3) is 0 Å². The SMILES string of the molecule is CCCOCCOC(=O)c1ccc(OC)cc1. The lowest BCUT2D eigenvalue weighted by Gasteiger charge is -2.06. The van der Waals surface area contributed by atoms with E-state index in [1.54, 1.807) is 31.4 Å². The van der Waals surface area contributed by atoms with Gasteiger partial charge in [0.05, 0.1) is 19.3 Å². The van der Waals surface area contributed by atoms with Crippen LogP contribution in [0.5, 0.6) is 5.75 Å². The van der Waals surface area contributed by atoms with Crippen molar-refractivity contribution < 1.29 is 19.0 Å². The molecule has 0 aliphatic heterocycles. The van der Waals surface area contributed by atoms with Crippen molar-refractivity contribution >= 4 is 5.97 Å². The molecule has 0 amide bonds. The van der Waals surface area contributed by atoms with Gasteiger partial charge in [-0.3, -0.25) is 0 Å². The molecular weight excluding hydrogens is 220 g/mol. The first kappa shape index (κ1) is 13.5. The highest BCUT2D eigenvalue weighted by molar-refractivity contribution is 5.89. The molecule has 4 heteroatoms. The standard InChI is InChI=1S/C13H18O4/c1-3-8-16-9-10-17-13(14)11-4-6-12(15-2)7-5-11/h4-7H,3,8-10H2,1-2H3. The molecule has 17 heavy (non-hydrogen) atoms. The molecule has 0 N–H and O–H groups in total. The molecule has 1 rings (SSSR count). The molecule has 4 nitrogen and oxygen atoms in total. The second-order valence-electron chi connectivity index (χ2n) is 3.48. The molecule has 0 saturated carbocycles. The molecule has 0 unspecified atom stereocenters. The molecule has 0 aliphatic carbocycles. The summed E-state index contributed by atoms with van der Waals surface area (Å²) in [4.78, 5) is 11.6. The number of hydrogen-bond acceptors (Lipinski definition) is 4. The lowest BCUT2D eigenvalue weighted by atomic mass is 10.2. The average Bonchev–Trinajstić information content (AvgIpc) is 2.38. The Balaban J connectivity index is 2.31. The quantitative estimate of drug-likeness (QED) is 0.540. The summed E-state index contributed by atoms with van der Waals surface area (Å²) in [5, 5.41) is 0. The molecular formula is C13H18O4. The number of ether oxygens (including phenoxy) is 3. The highest BCUT2D eigenvalue weighted by Gasteiger charge is 2.06. The molecule has 0 atom stereocenters. The Morgan fingerprint density at radius 1 is 1.12 bits per heavy atom. The van der Waals surface area contributed by atoms with E-state index in [4.69, 9.17) is 14.2 Å². The van der Waals surface area contributed by atoms with Crippen LogP contribution in [-0.4, -0.2) is 32.9 Å². The highest BCUT2D eigenvalue weighted by atomic mass is 16.6. The van der Waals surface area contributed by atoms with Crippen molar-refractivity contribution in [3.8, 4) is 5.75 Å². The van der Waals surface area contributed by atoms with Crippen LogP contribution >= 0.6 is 0 Å². The van der Waals surface area contributed by atoms with Crippen molar-refractivity contribution in [1.82, 2.24) is 0 Å². The lowest BCUT2D eigenvalue weighted by molar-refractivity contribution is 0.0318. The summed E-state index contributed by atoms with van der Waals surface area (Å²) in [5.74, 6) is 0.376. The van der Waals surface area contributed by atoms with Crippen LogP contribution in [0.2, 0.25) is 0 Å². The molecule has 1 aromatic rings. The molecule has 0 fully saturated rings. The first-order valence-corrected chi connectivity index (χ1v) is 5.67. The van der Waals surface area contributed by atoms with E-state index >= 15 is 0 Å². The molecule has 0 radical (unpaired) electrons. The van der Waals surface area contributed by atoms with E-state index in [-0.39, 0.29) is 12.6 Å². The minimum Gasteiger partial charge on any atom is -0.497 e. The zero-order valence-electron chi connectivity index (χ0n) is 10.3. The Kier molecular flexibility index (Phi) is 6.10. The van der Waals surface area contributed by atoms with Gasteiger partial charge in [-0.25, -0.2) is 4.79 Å². The summed E-state index contributed by atoms with van der Waals surface area (Å²) in [7, 11) is 1.58. The average molecular weight is 238 g/mol. The molecule has 1 aromatic carbocycles. The van der Waals surface area contributed by atoms with Gasteiger partial charge < -0.3 is 14.2 Å². The van der Waals surface area contributed by atoms with E-state index in [9.17, 15) is 4.79 Å². The summed E-state index contributed by atoms with van der Waals surface area (Å²) in [5.41, 5.74) is 0.515. The van der Waals surface area contributed by atoms with Gasteiger partial charge in [0, 0.05) is 6.61 Å². The number of methoxy groups -OCH3 is 1. The largest absolute Gasteiger partial charge is 0.497 e. The summed E-state index contributed by atoms with van der Waals surface area (Å²) in [6, 6.07) is 6.80. The van der Waals surface area contributed by atoms with Crippen LogP contribution in [0.25, 0.3) is 0 Å². The van der Waals surface area contributed by atoms with Gasteiger partial charge in [-0.2, -0.15) is 0 Å². The summed E-state index contributed by atoms with van der Waals surface area (Å²) in [6.07, 6.45) is 0.965. The fourth-order valence-corrected chi connectivity index (χ4v) is 1.25. The van der Waals surface area contributed by atoms with E-state index in [0.29, 0.717) is 24.5 Å². The first-order valence-electron chi connectivity index (χ1n) is 5.67. The predicted octanol–water partition coefficient (Wildman–Crippen LogP) is 2.28.